The second-order valence-electron chi connectivity index (χ2n) is 2.43. The molecule has 2 aliphatic rings. The van der Waals surface area contributed by atoms with Crippen LogP contribution < -0.4 is 9.98 Å². The van der Waals surface area contributed by atoms with Crippen molar-refractivity contribution in [3.05, 3.63) is 0 Å². The molecule has 2 nitrogen and oxygen atoms in total. The van der Waals surface area contributed by atoms with Crippen LogP contribution in [0.1, 0.15) is 12.8 Å². The predicted molar refractivity (Wildman–Crippen MR) is 30.9 cm³/mol. The van der Waals surface area contributed by atoms with Crippen LogP contribution in [0.4, 0.5) is 0 Å². The van der Waals surface area contributed by atoms with Crippen molar-refractivity contribution in [3.63, 3.8) is 0 Å². The highest BCUT2D eigenvalue weighted by atomic mass is 15.0. The minimum absolute atomic E-state index is 0.744. The SMILES string of the molecule is C1=[NH+]C2CC2[NH+]=CC1. The van der Waals surface area contributed by atoms with Crippen LogP contribution in [0.25, 0.3) is 0 Å². The first-order valence-corrected chi connectivity index (χ1v) is 3.12. The lowest BCUT2D eigenvalue weighted by Crippen LogP contribution is -2.78. The van der Waals surface area contributed by atoms with Gasteiger partial charge >= 0.3 is 0 Å². The zero-order chi connectivity index (χ0) is 5.40. The van der Waals surface area contributed by atoms with Gasteiger partial charge < -0.3 is 0 Å². The molecule has 42 valence electrons. The van der Waals surface area contributed by atoms with E-state index in [0.29, 0.717) is 0 Å². The second kappa shape index (κ2) is 1.41. The van der Waals surface area contributed by atoms with E-state index < -0.39 is 0 Å². The van der Waals surface area contributed by atoms with Gasteiger partial charge in [-0.05, 0) is 0 Å². The van der Waals surface area contributed by atoms with Crippen LogP contribution in [0.15, 0.2) is 0 Å². The van der Waals surface area contributed by atoms with Gasteiger partial charge in [-0.1, -0.05) is 0 Å². The Kier molecular flexibility index (Phi) is 0.745. The first-order chi connectivity index (χ1) is 3.97. The van der Waals surface area contributed by atoms with Crippen molar-refractivity contribution in [2.24, 2.45) is 0 Å². The zero-order valence-corrected chi connectivity index (χ0v) is 4.72. The largest absolute Gasteiger partial charge is 0.242 e. The lowest BCUT2D eigenvalue weighted by atomic mass is 10.5. The highest BCUT2D eigenvalue weighted by molar-refractivity contribution is 5.73. The van der Waals surface area contributed by atoms with Crippen LogP contribution in [0.5, 0.6) is 0 Å². The average molecular weight is 110 g/mol. The summed E-state index contributed by atoms with van der Waals surface area (Å²) in [5, 5.41) is 0. The molecule has 1 aliphatic carbocycles. The minimum atomic E-state index is 0.744. The fourth-order valence-electron chi connectivity index (χ4n) is 1.06. The maximum absolute atomic E-state index is 3.30. The second-order valence-corrected chi connectivity index (χ2v) is 2.43. The van der Waals surface area contributed by atoms with E-state index in [0.717, 1.165) is 18.5 Å². The molecule has 0 aromatic heterocycles. The maximum Gasteiger partial charge on any atom is 0.218 e. The Labute approximate surface area is 48.3 Å². The van der Waals surface area contributed by atoms with Gasteiger partial charge in [-0.3, -0.25) is 0 Å². The molecule has 0 aromatic carbocycles. The maximum atomic E-state index is 3.30. The Bertz CT molecular complexity index is 133. The molecule has 8 heavy (non-hydrogen) atoms. The van der Waals surface area contributed by atoms with Crippen molar-refractivity contribution in [2.75, 3.05) is 0 Å². The summed E-state index contributed by atoms with van der Waals surface area (Å²) in [5.41, 5.74) is 0. The summed E-state index contributed by atoms with van der Waals surface area (Å²) >= 11 is 0. The van der Waals surface area contributed by atoms with E-state index in [-0.39, 0.29) is 0 Å². The standard InChI is InChI=1S/C6H8N2/c1-2-7-5-4-6(5)8-3-1/h2-3,5-6H,1,4H2/p+2. The summed E-state index contributed by atoms with van der Waals surface area (Å²) in [6.07, 6.45) is 6.58. The molecule has 0 saturated heterocycles. The fourth-order valence-corrected chi connectivity index (χ4v) is 1.06. The van der Waals surface area contributed by atoms with Gasteiger partial charge in [0.05, 0.1) is 6.42 Å². The lowest BCUT2D eigenvalue weighted by Gasteiger charge is -1.66. The summed E-state index contributed by atoms with van der Waals surface area (Å²) in [6.45, 7) is 0. The van der Waals surface area contributed by atoms with E-state index in [2.05, 4.69) is 22.4 Å². The molecule has 0 aromatic rings. The molecule has 2 heteroatoms. The molecule has 2 rings (SSSR count). The van der Waals surface area contributed by atoms with E-state index in [1.807, 2.05) is 0 Å². The summed E-state index contributed by atoms with van der Waals surface area (Å²) in [5.74, 6) is 0. The molecule has 2 atom stereocenters. The van der Waals surface area contributed by atoms with Gasteiger partial charge in [0.2, 0.25) is 12.1 Å². The van der Waals surface area contributed by atoms with Crippen LogP contribution in [0.3, 0.4) is 0 Å². The molecule has 1 saturated carbocycles. The van der Waals surface area contributed by atoms with Gasteiger partial charge in [-0.25, -0.2) is 9.98 Å². The van der Waals surface area contributed by atoms with Crippen LogP contribution in [-0.4, -0.2) is 24.5 Å². The van der Waals surface area contributed by atoms with Gasteiger partial charge in [-0.2, -0.15) is 0 Å². The van der Waals surface area contributed by atoms with Crippen LogP contribution in [-0.2, 0) is 0 Å². The molecule has 0 amide bonds. The van der Waals surface area contributed by atoms with E-state index in [1.165, 1.54) is 6.42 Å². The molecule has 1 aliphatic heterocycles. The molecule has 0 bridgehead atoms. The highest BCUT2D eigenvalue weighted by Crippen LogP contribution is 2.09. The van der Waals surface area contributed by atoms with Gasteiger partial charge in [-0.15, -0.1) is 0 Å². The molecule has 0 spiro atoms. The Morgan fingerprint density at radius 3 is 2.38 bits per heavy atom. The molecule has 0 radical (unpaired) electrons. The zero-order valence-electron chi connectivity index (χ0n) is 4.72. The third-order valence-corrected chi connectivity index (χ3v) is 1.69. The smallest absolute Gasteiger partial charge is 0.218 e. The number of hydrogen-bond acceptors (Lipinski definition) is 0. The van der Waals surface area contributed by atoms with Crippen molar-refractivity contribution in [1.29, 1.82) is 0 Å². The Hall–Kier alpha value is -0.660. The molecule has 1 heterocycles. The Morgan fingerprint density at radius 1 is 1.12 bits per heavy atom. The number of rotatable bonds is 0. The monoisotopic (exact) mass is 110 g/mol. The molecule has 2 N–H and O–H groups in total. The highest BCUT2D eigenvalue weighted by Gasteiger charge is 2.48. The van der Waals surface area contributed by atoms with Gasteiger partial charge in [0, 0.05) is 0 Å². The number of fused-ring (bicyclic) bond motifs is 1. The molecule has 2 unspecified atom stereocenters. The fraction of sp³-hybridized carbons (Fsp3) is 0.667. The van der Waals surface area contributed by atoms with Gasteiger partial charge in [0.15, 0.2) is 0 Å². The van der Waals surface area contributed by atoms with Crippen molar-refractivity contribution < 1.29 is 9.98 Å². The number of nitrogens with one attached hydrogen (secondary N) is 2. The Balaban J connectivity index is 2.17. The normalized spacial score (nSPS) is 41.0. The first kappa shape index (κ1) is 4.24. The van der Waals surface area contributed by atoms with E-state index in [4.69, 9.17) is 0 Å². The molecule has 1 fully saturated rings. The lowest BCUT2D eigenvalue weighted by molar-refractivity contribution is -0.532. The predicted octanol–water partition coefficient (Wildman–Crippen LogP) is -3.17. The van der Waals surface area contributed by atoms with E-state index in [1.54, 1.807) is 0 Å². The first-order valence-electron chi connectivity index (χ1n) is 3.12. The van der Waals surface area contributed by atoms with Crippen molar-refractivity contribution >= 4 is 12.4 Å². The van der Waals surface area contributed by atoms with Crippen molar-refractivity contribution in [1.82, 2.24) is 0 Å². The summed E-state index contributed by atoms with van der Waals surface area (Å²) in [4.78, 5) is 6.60. The average Bonchev–Trinajstić information content (AvgIpc) is 2.36. The van der Waals surface area contributed by atoms with Crippen molar-refractivity contribution in [2.45, 2.75) is 24.9 Å². The third kappa shape index (κ3) is 0.565. The topological polar surface area (TPSA) is 27.9 Å². The number of hydrogen-bond donors (Lipinski definition) is 2. The third-order valence-electron chi connectivity index (χ3n) is 1.69. The van der Waals surface area contributed by atoms with Crippen molar-refractivity contribution in [3.8, 4) is 0 Å². The summed E-state index contributed by atoms with van der Waals surface area (Å²) < 4.78 is 0. The molecular weight excluding hydrogens is 100 g/mol. The van der Waals surface area contributed by atoms with Gasteiger partial charge in [0.25, 0.3) is 0 Å². The van der Waals surface area contributed by atoms with E-state index >= 15 is 0 Å². The van der Waals surface area contributed by atoms with E-state index in [9.17, 15) is 0 Å². The van der Waals surface area contributed by atoms with Crippen LogP contribution in [0.2, 0.25) is 0 Å². The van der Waals surface area contributed by atoms with Crippen LogP contribution >= 0.6 is 0 Å². The quantitative estimate of drug-likeness (QED) is 0.329. The minimum Gasteiger partial charge on any atom is -0.242 e. The van der Waals surface area contributed by atoms with Crippen LogP contribution in [0, 0.1) is 0 Å². The summed E-state index contributed by atoms with van der Waals surface area (Å²) in [7, 11) is 0. The Morgan fingerprint density at radius 2 is 1.75 bits per heavy atom. The van der Waals surface area contributed by atoms with Gasteiger partial charge in [0.1, 0.15) is 18.9 Å². The summed E-state index contributed by atoms with van der Waals surface area (Å²) in [6, 6.07) is 1.49. The molecular formula is C6H10N2+2.